The van der Waals surface area contributed by atoms with Gasteiger partial charge in [0.25, 0.3) is 0 Å². The van der Waals surface area contributed by atoms with Crippen LogP contribution >= 0.6 is 23.2 Å². The first-order valence-electron chi connectivity index (χ1n) is 6.34. The van der Waals surface area contributed by atoms with Crippen molar-refractivity contribution < 1.29 is 9.90 Å². The first-order chi connectivity index (χ1) is 9.95. The predicted molar refractivity (Wildman–Crippen MR) is 81.4 cm³/mol. The zero-order chi connectivity index (χ0) is 15.4. The summed E-state index contributed by atoms with van der Waals surface area (Å²) in [5.41, 5.74) is 1.51. The molecule has 2 N–H and O–H groups in total. The predicted octanol–water partition coefficient (Wildman–Crippen LogP) is 2.35. The molecule has 1 aromatic carbocycles. The van der Waals surface area contributed by atoms with Crippen molar-refractivity contribution in [2.75, 3.05) is 6.54 Å². The van der Waals surface area contributed by atoms with E-state index in [0.717, 1.165) is 5.56 Å². The zero-order valence-electron chi connectivity index (χ0n) is 11.4. The molecule has 1 atom stereocenters. The smallest absolute Gasteiger partial charge is 0.241 e. The van der Waals surface area contributed by atoms with Gasteiger partial charge in [-0.05, 0) is 24.6 Å². The van der Waals surface area contributed by atoms with Gasteiger partial charge in [0, 0.05) is 28.4 Å². The summed E-state index contributed by atoms with van der Waals surface area (Å²) in [5, 5.41) is 17.6. The molecular formula is C14H15Cl2N3O2. The maximum absolute atomic E-state index is 11.8. The maximum atomic E-state index is 11.8. The van der Waals surface area contributed by atoms with Crippen LogP contribution in [0.25, 0.3) is 0 Å². The van der Waals surface area contributed by atoms with Gasteiger partial charge in [0.15, 0.2) is 0 Å². The van der Waals surface area contributed by atoms with Gasteiger partial charge in [0.1, 0.15) is 6.54 Å². The number of aliphatic hydroxyl groups excluding tert-OH is 1. The number of hydrogen-bond acceptors (Lipinski definition) is 3. The molecule has 112 valence electrons. The molecule has 2 aromatic rings. The fourth-order valence-electron chi connectivity index (χ4n) is 1.85. The highest BCUT2D eigenvalue weighted by molar-refractivity contribution is 6.35. The molecule has 0 saturated carbocycles. The van der Waals surface area contributed by atoms with E-state index in [1.54, 1.807) is 30.6 Å². The van der Waals surface area contributed by atoms with Crippen molar-refractivity contribution in [3.8, 4) is 0 Å². The van der Waals surface area contributed by atoms with E-state index in [2.05, 4.69) is 10.4 Å². The molecule has 1 amide bonds. The highest BCUT2D eigenvalue weighted by Crippen LogP contribution is 2.25. The number of rotatable bonds is 5. The zero-order valence-corrected chi connectivity index (χ0v) is 12.9. The number of aliphatic hydroxyl groups is 1. The maximum Gasteiger partial charge on any atom is 0.241 e. The molecule has 1 unspecified atom stereocenters. The largest absolute Gasteiger partial charge is 0.387 e. The van der Waals surface area contributed by atoms with Crippen LogP contribution < -0.4 is 5.32 Å². The van der Waals surface area contributed by atoms with Gasteiger partial charge < -0.3 is 10.4 Å². The minimum atomic E-state index is -0.891. The third-order valence-electron chi connectivity index (χ3n) is 2.88. The summed E-state index contributed by atoms with van der Waals surface area (Å²) < 4.78 is 1.53. The lowest BCUT2D eigenvalue weighted by molar-refractivity contribution is -0.122. The van der Waals surface area contributed by atoms with E-state index in [1.807, 2.05) is 6.92 Å². The molecule has 0 radical (unpaired) electrons. The molecule has 0 spiro atoms. The second kappa shape index (κ2) is 6.93. The number of carbonyl (C=O) groups is 1. The van der Waals surface area contributed by atoms with Crippen molar-refractivity contribution in [3.63, 3.8) is 0 Å². The lowest BCUT2D eigenvalue weighted by Gasteiger charge is -2.14. The lowest BCUT2D eigenvalue weighted by Crippen LogP contribution is -2.31. The number of amides is 1. The number of nitrogens with one attached hydrogen (secondary N) is 1. The molecule has 1 aromatic heterocycles. The normalized spacial score (nSPS) is 12.2. The van der Waals surface area contributed by atoms with E-state index >= 15 is 0 Å². The Morgan fingerprint density at radius 3 is 2.86 bits per heavy atom. The Morgan fingerprint density at radius 2 is 2.24 bits per heavy atom. The summed E-state index contributed by atoms with van der Waals surface area (Å²) in [6.45, 7) is 2.07. The summed E-state index contributed by atoms with van der Waals surface area (Å²) in [6.07, 6.45) is 2.56. The highest BCUT2D eigenvalue weighted by atomic mass is 35.5. The third kappa shape index (κ3) is 4.46. The van der Waals surface area contributed by atoms with Gasteiger partial charge >= 0.3 is 0 Å². The Hall–Kier alpha value is -1.56. The standard InChI is InChI=1S/C14H15Cl2N3O2/c1-9-5-18-19(7-9)8-14(21)17-6-13(20)11-3-2-10(15)4-12(11)16/h2-5,7,13,20H,6,8H2,1H3,(H,17,21). The van der Waals surface area contributed by atoms with E-state index in [1.165, 1.54) is 4.68 Å². The van der Waals surface area contributed by atoms with E-state index in [4.69, 9.17) is 23.2 Å². The molecule has 0 bridgehead atoms. The molecule has 5 nitrogen and oxygen atoms in total. The Balaban J connectivity index is 1.88. The van der Waals surface area contributed by atoms with Crippen molar-refractivity contribution in [2.45, 2.75) is 19.6 Å². The van der Waals surface area contributed by atoms with Crippen LogP contribution in [0.5, 0.6) is 0 Å². The van der Waals surface area contributed by atoms with Crippen LogP contribution in [0.4, 0.5) is 0 Å². The molecule has 0 saturated heterocycles. The number of halogens is 2. The van der Waals surface area contributed by atoms with Crippen LogP contribution in [0.15, 0.2) is 30.6 Å². The van der Waals surface area contributed by atoms with Crippen LogP contribution in [0.2, 0.25) is 10.0 Å². The molecule has 0 aliphatic rings. The van der Waals surface area contributed by atoms with Crippen LogP contribution in [0, 0.1) is 6.92 Å². The highest BCUT2D eigenvalue weighted by Gasteiger charge is 2.13. The molecule has 0 aliphatic carbocycles. The van der Waals surface area contributed by atoms with Gasteiger partial charge in [0.05, 0.1) is 12.3 Å². The van der Waals surface area contributed by atoms with E-state index in [9.17, 15) is 9.90 Å². The summed E-state index contributed by atoms with van der Waals surface area (Å²) >= 11 is 11.8. The van der Waals surface area contributed by atoms with Gasteiger partial charge in [-0.2, -0.15) is 5.10 Å². The molecule has 7 heteroatoms. The van der Waals surface area contributed by atoms with Crippen molar-refractivity contribution >= 4 is 29.1 Å². The Bertz CT molecular complexity index is 643. The average Bonchev–Trinajstić information content (AvgIpc) is 2.81. The van der Waals surface area contributed by atoms with Gasteiger partial charge in [0.2, 0.25) is 5.91 Å². The number of nitrogens with zero attached hydrogens (tertiary/aromatic N) is 2. The van der Waals surface area contributed by atoms with Crippen LogP contribution in [-0.4, -0.2) is 27.3 Å². The number of aromatic nitrogens is 2. The second-order valence-electron chi connectivity index (χ2n) is 4.70. The summed E-state index contributed by atoms with van der Waals surface area (Å²) in [6, 6.07) is 4.83. The molecule has 0 fully saturated rings. The van der Waals surface area contributed by atoms with Crippen LogP contribution in [-0.2, 0) is 11.3 Å². The van der Waals surface area contributed by atoms with Crippen LogP contribution in [0.1, 0.15) is 17.2 Å². The van der Waals surface area contributed by atoms with Crippen molar-refractivity contribution in [1.82, 2.24) is 15.1 Å². The molecule has 1 heterocycles. The fourth-order valence-corrected chi connectivity index (χ4v) is 2.38. The topological polar surface area (TPSA) is 67.2 Å². The number of aryl methyl sites for hydroxylation is 1. The quantitative estimate of drug-likeness (QED) is 0.885. The average molecular weight is 328 g/mol. The molecular weight excluding hydrogens is 313 g/mol. The summed E-state index contributed by atoms with van der Waals surface area (Å²) in [5.74, 6) is -0.234. The number of benzene rings is 1. The number of hydrogen-bond donors (Lipinski definition) is 2. The SMILES string of the molecule is Cc1cnn(CC(=O)NCC(O)c2ccc(Cl)cc2Cl)c1. The molecule has 2 rings (SSSR count). The van der Waals surface area contributed by atoms with E-state index < -0.39 is 6.10 Å². The van der Waals surface area contributed by atoms with E-state index in [-0.39, 0.29) is 19.0 Å². The first-order valence-corrected chi connectivity index (χ1v) is 7.10. The minimum Gasteiger partial charge on any atom is -0.387 e. The monoisotopic (exact) mass is 327 g/mol. The second-order valence-corrected chi connectivity index (χ2v) is 5.54. The van der Waals surface area contributed by atoms with Crippen LogP contribution in [0.3, 0.4) is 0 Å². The lowest BCUT2D eigenvalue weighted by atomic mass is 10.1. The summed E-state index contributed by atoms with van der Waals surface area (Å²) in [7, 11) is 0. The first kappa shape index (κ1) is 15.8. The number of carbonyl (C=O) groups excluding carboxylic acids is 1. The Labute approximate surface area is 132 Å². The third-order valence-corrected chi connectivity index (χ3v) is 3.44. The Morgan fingerprint density at radius 1 is 1.48 bits per heavy atom. The van der Waals surface area contributed by atoms with Gasteiger partial charge in [-0.25, -0.2) is 0 Å². The van der Waals surface area contributed by atoms with Crippen molar-refractivity contribution in [2.24, 2.45) is 0 Å². The fraction of sp³-hybridized carbons (Fsp3) is 0.286. The van der Waals surface area contributed by atoms with Gasteiger partial charge in [-0.3, -0.25) is 9.48 Å². The molecule has 0 aliphatic heterocycles. The molecule has 21 heavy (non-hydrogen) atoms. The summed E-state index contributed by atoms with van der Waals surface area (Å²) in [4.78, 5) is 11.8. The van der Waals surface area contributed by atoms with E-state index in [0.29, 0.717) is 15.6 Å². The van der Waals surface area contributed by atoms with Crippen molar-refractivity contribution in [1.29, 1.82) is 0 Å². The Kier molecular flexibility index (Phi) is 5.22. The van der Waals surface area contributed by atoms with Crippen molar-refractivity contribution in [3.05, 3.63) is 51.8 Å². The van der Waals surface area contributed by atoms with Gasteiger partial charge in [-0.15, -0.1) is 0 Å². The van der Waals surface area contributed by atoms with Gasteiger partial charge in [-0.1, -0.05) is 29.3 Å². The minimum absolute atomic E-state index is 0.0699.